The van der Waals surface area contributed by atoms with Crippen molar-refractivity contribution >= 4 is 5.84 Å². The zero-order chi connectivity index (χ0) is 8.41. The minimum absolute atomic E-state index is 0.273. The van der Waals surface area contributed by atoms with Crippen LogP contribution >= 0.6 is 0 Å². The summed E-state index contributed by atoms with van der Waals surface area (Å²) < 4.78 is 0. The largest absolute Gasteiger partial charge is 0.409 e. The first-order chi connectivity index (χ1) is 4.72. The Morgan fingerprint density at radius 2 is 2.10 bits per heavy atom. The molecular weight excluding hydrogens is 130 g/mol. The first kappa shape index (κ1) is 11.5. The van der Waals surface area contributed by atoms with E-state index in [-0.39, 0.29) is 5.84 Å². The Morgan fingerprint density at radius 1 is 1.70 bits per heavy atom. The zero-order valence-corrected chi connectivity index (χ0v) is 6.33. The van der Waals surface area contributed by atoms with Crippen LogP contribution < -0.4 is 5.73 Å². The highest BCUT2D eigenvalue weighted by Crippen LogP contribution is 1.70. The summed E-state index contributed by atoms with van der Waals surface area (Å²) in [7, 11) is 0. The van der Waals surface area contributed by atoms with Gasteiger partial charge in [0.25, 0.3) is 0 Å². The first-order valence-corrected chi connectivity index (χ1v) is 3.02. The highest BCUT2D eigenvalue weighted by Gasteiger charge is 1.78. The topological polar surface area (TPSA) is 63.0 Å². The van der Waals surface area contributed by atoms with Gasteiger partial charge in [0, 0.05) is 13.3 Å². The molecule has 0 amide bonds. The Kier molecular flexibility index (Phi) is 12.3. The number of oxime groups is 1. The molecule has 0 saturated heterocycles. The zero-order valence-electron chi connectivity index (χ0n) is 6.33. The van der Waals surface area contributed by atoms with E-state index in [0.29, 0.717) is 13.0 Å². The summed E-state index contributed by atoms with van der Waals surface area (Å²) in [5.74, 6) is 0.273. The summed E-state index contributed by atoms with van der Waals surface area (Å²) >= 11 is 0. The lowest BCUT2D eigenvalue weighted by Gasteiger charge is -1.82. The molecule has 0 heterocycles. The maximum Gasteiger partial charge on any atom is 0.211 e. The van der Waals surface area contributed by atoms with Gasteiger partial charge >= 0.3 is 0 Å². The third kappa shape index (κ3) is 15.9. The van der Waals surface area contributed by atoms with Gasteiger partial charge in [-0.2, -0.15) is 0 Å². The Morgan fingerprint density at radius 3 is 2.10 bits per heavy atom. The van der Waals surface area contributed by atoms with Gasteiger partial charge in [0.1, 0.15) is 5.84 Å². The van der Waals surface area contributed by atoms with Gasteiger partial charge < -0.3 is 15.8 Å². The fourth-order valence-electron chi connectivity index (χ4n) is 0.0707. The number of hydrogen-bond donors (Lipinski definition) is 2. The fraction of sp³-hybridized carbons (Fsp3) is 0.667. The Hall–Kier alpha value is -1.24. The summed E-state index contributed by atoms with van der Waals surface area (Å²) in [5.41, 5.74) is 4.97. The van der Waals surface area contributed by atoms with Crippen LogP contribution in [0.3, 0.4) is 0 Å². The number of nitrogens with two attached hydrogens (primary N) is 1. The van der Waals surface area contributed by atoms with Crippen molar-refractivity contribution in [2.45, 2.75) is 20.3 Å². The summed E-state index contributed by atoms with van der Waals surface area (Å²) in [6.45, 7) is 10.3. The molecule has 0 spiro atoms. The van der Waals surface area contributed by atoms with Gasteiger partial charge in [-0.15, -0.1) is 0 Å². The van der Waals surface area contributed by atoms with E-state index in [0.717, 1.165) is 0 Å². The molecule has 0 fully saturated rings. The maximum atomic E-state index is 7.80. The molecule has 0 atom stereocenters. The molecule has 58 valence electrons. The SMILES string of the molecule is CC/C(N)=N\O.[C-]#[N+]CC. The molecule has 0 aliphatic carbocycles. The van der Waals surface area contributed by atoms with Crippen LogP contribution in [-0.4, -0.2) is 17.6 Å². The van der Waals surface area contributed by atoms with E-state index >= 15 is 0 Å². The van der Waals surface area contributed by atoms with E-state index in [1.165, 1.54) is 0 Å². The molecule has 0 aromatic carbocycles. The lowest BCUT2D eigenvalue weighted by atomic mass is 10.5. The molecule has 0 aliphatic rings. The lowest BCUT2D eigenvalue weighted by molar-refractivity contribution is 0.317. The van der Waals surface area contributed by atoms with Gasteiger partial charge in [-0.1, -0.05) is 12.1 Å². The molecule has 0 radical (unpaired) electrons. The summed E-state index contributed by atoms with van der Waals surface area (Å²) in [6.07, 6.45) is 0.608. The molecule has 0 bridgehead atoms. The van der Waals surface area contributed by atoms with Crippen LogP contribution in [0.25, 0.3) is 4.85 Å². The predicted octanol–water partition coefficient (Wildman–Crippen LogP) is 1.07. The molecule has 3 N–H and O–H groups in total. The summed E-state index contributed by atoms with van der Waals surface area (Å²) in [6, 6.07) is 0. The Labute approximate surface area is 61.2 Å². The molecule has 4 nitrogen and oxygen atoms in total. The molecule has 0 aromatic heterocycles. The van der Waals surface area contributed by atoms with Gasteiger partial charge in [-0.3, -0.25) is 0 Å². The van der Waals surface area contributed by atoms with E-state index in [9.17, 15) is 0 Å². The van der Waals surface area contributed by atoms with Crippen LogP contribution in [0.15, 0.2) is 5.16 Å². The van der Waals surface area contributed by atoms with Crippen molar-refractivity contribution in [2.24, 2.45) is 10.9 Å². The summed E-state index contributed by atoms with van der Waals surface area (Å²) in [4.78, 5) is 2.99. The minimum atomic E-state index is 0.273. The van der Waals surface area contributed by atoms with E-state index in [2.05, 4.69) is 10.0 Å². The average molecular weight is 143 g/mol. The molecule has 0 aliphatic heterocycles. The molecule has 4 heteroatoms. The van der Waals surface area contributed by atoms with E-state index in [4.69, 9.17) is 17.5 Å². The van der Waals surface area contributed by atoms with Gasteiger partial charge in [-0.05, 0) is 0 Å². The van der Waals surface area contributed by atoms with Crippen molar-refractivity contribution in [3.8, 4) is 0 Å². The van der Waals surface area contributed by atoms with E-state index < -0.39 is 0 Å². The number of rotatable bonds is 1. The number of hydrogen-bond acceptors (Lipinski definition) is 2. The smallest absolute Gasteiger partial charge is 0.211 e. The number of amidine groups is 1. The van der Waals surface area contributed by atoms with Gasteiger partial charge in [0.2, 0.25) is 6.54 Å². The van der Waals surface area contributed by atoms with Crippen LogP contribution in [0.2, 0.25) is 0 Å². The quantitative estimate of drug-likeness (QED) is 0.189. The molecule has 0 saturated carbocycles. The predicted molar refractivity (Wildman–Crippen MR) is 40.8 cm³/mol. The van der Waals surface area contributed by atoms with Gasteiger partial charge in [0.15, 0.2) is 0 Å². The number of nitrogens with zero attached hydrogens (tertiary/aromatic N) is 2. The second kappa shape index (κ2) is 10.7. The second-order valence-electron chi connectivity index (χ2n) is 1.42. The van der Waals surface area contributed by atoms with Crippen molar-refractivity contribution in [1.29, 1.82) is 0 Å². The van der Waals surface area contributed by atoms with Crippen molar-refractivity contribution in [3.05, 3.63) is 11.4 Å². The van der Waals surface area contributed by atoms with Crippen LogP contribution in [0, 0.1) is 6.57 Å². The van der Waals surface area contributed by atoms with Gasteiger partial charge in [-0.25, -0.2) is 6.57 Å². The van der Waals surface area contributed by atoms with Gasteiger partial charge in [0.05, 0.1) is 0 Å². The van der Waals surface area contributed by atoms with Crippen molar-refractivity contribution in [1.82, 2.24) is 0 Å². The fourth-order valence-corrected chi connectivity index (χ4v) is 0.0707. The second-order valence-corrected chi connectivity index (χ2v) is 1.42. The standard InChI is InChI=1S/C3H8N2O.C3H5N/c1-2-3(4)5-6;1-3-4-2/h6H,2H2,1H3,(H2,4,5);3H2,1H3. The van der Waals surface area contributed by atoms with E-state index in [1.54, 1.807) is 0 Å². The molecule has 0 aromatic rings. The summed E-state index contributed by atoms with van der Waals surface area (Å²) in [5, 5.41) is 10.5. The van der Waals surface area contributed by atoms with Crippen molar-refractivity contribution in [3.63, 3.8) is 0 Å². The normalized spacial score (nSPS) is 9.10. The maximum absolute atomic E-state index is 7.80. The molecule has 0 rings (SSSR count). The van der Waals surface area contributed by atoms with Crippen LogP contribution in [0.4, 0.5) is 0 Å². The highest BCUT2D eigenvalue weighted by molar-refractivity contribution is 5.79. The minimum Gasteiger partial charge on any atom is -0.409 e. The Balaban J connectivity index is 0. The Bertz CT molecular complexity index is 125. The van der Waals surface area contributed by atoms with Crippen LogP contribution in [-0.2, 0) is 0 Å². The lowest BCUT2D eigenvalue weighted by Crippen LogP contribution is -2.08. The molecule has 10 heavy (non-hydrogen) atoms. The third-order valence-corrected chi connectivity index (χ3v) is 0.649. The van der Waals surface area contributed by atoms with Crippen LogP contribution in [0.1, 0.15) is 20.3 Å². The van der Waals surface area contributed by atoms with Crippen LogP contribution in [0.5, 0.6) is 0 Å². The first-order valence-electron chi connectivity index (χ1n) is 3.02. The molecule has 0 unspecified atom stereocenters. The van der Waals surface area contributed by atoms with Crippen molar-refractivity contribution < 1.29 is 5.21 Å². The van der Waals surface area contributed by atoms with Crippen molar-refractivity contribution in [2.75, 3.05) is 6.54 Å². The monoisotopic (exact) mass is 143 g/mol. The average Bonchev–Trinajstić information content (AvgIpc) is 2.03. The molecular formula is C6H13N3O. The highest BCUT2D eigenvalue weighted by atomic mass is 16.4. The third-order valence-electron chi connectivity index (χ3n) is 0.649. The van der Waals surface area contributed by atoms with E-state index in [1.807, 2.05) is 13.8 Å².